The molecule has 0 aliphatic heterocycles. The van der Waals surface area contributed by atoms with E-state index in [2.05, 4.69) is 0 Å². The summed E-state index contributed by atoms with van der Waals surface area (Å²) < 4.78 is 6.69. The van der Waals surface area contributed by atoms with Crippen LogP contribution in [0, 0.1) is 5.41 Å². The summed E-state index contributed by atoms with van der Waals surface area (Å²) in [5.41, 5.74) is 10.6. The highest BCUT2D eigenvalue weighted by atomic mass is 35.5. The van der Waals surface area contributed by atoms with Gasteiger partial charge < -0.3 is 10.5 Å². The lowest BCUT2D eigenvalue weighted by molar-refractivity contribution is -0.158. The predicted molar refractivity (Wildman–Crippen MR) is 171 cm³/mol. The van der Waals surface area contributed by atoms with Crippen LogP contribution in [-0.2, 0) is 14.3 Å². The molecular formula is C30H22Cl2N2O3S3. The average molecular weight is 626 g/mol. The molecule has 0 radical (unpaired) electrons. The molecule has 40 heavy (non-hydrogen) atoms. The maximum atomic E-state index is 13.2. The van der Waals surface area contributed by atoms with E-state index in [1.165, 1.54) is 4.70 Å². The molecule has 0 aliphatic carbocycles. The minimum Gasteiger partial charge on any atom is -0.391 e. The van der Waals surface area contributed by atoms with Crippen LogP contribution in [0.2, 0.25) is 10.0 Å². The van der Waals surface area contributed by atoms with E-state index in [1.54, 1.807) is 48.5 Å². The van der Waals surface area contributed by atoms with Crippen LogP contribution in [0.25, 0.3) is 22.3 Å². The van der Waals surface area contributed by atoms with Gasteiger partial charge in [-0.1, -0.05) is 120 Å². The van der Waals surface area contributed by atoms with E-state index in [4.69, 9.17) is 51.3 Å². The zero-order valence-electron chi connectivity index (χ0n) is 20.8. The van der Waals surface area contributed by atoms with Gasteiger partial charge in [0.05, 0.1) is 0 Å². The van der Waals surface area contributed by atoms with Crippen molar-refractivity contribution in [2.24, 2.45) is 5.73 Å². The monoisotopic (exact) mass is 624 g/mol. The Balaban J connectivity index is 1.51. The number of hydrogen-bond donors (Lipinski definition) is 2. The zero-order valence-corrected chi connectivity index (χ0v) is 24.7. The number of thiocarbonyl (C=S) groups is 1. The number of amidine groups is 1. The molecule has 0 aromatic heterocycles. The first kappa shape index (κ1) is 29.8. The Morgan fingerprint density at radius 3 is 1.43 bits per heavy atom. The van der Waals surface area contributed by atoms with Crippen molar-refractivity contribution in [3.05, 3.63) is 118 Å². The molecule has 4 rings (SSSR count). The molecule has 0 amide bonds. The van der Waals surface area contributed by atoms with Crippen molar-refractivity contribution in [2.45, 2.75) is 10.5 Å². The number of rotatable bonds is 9. The third-order valence-corrected chi connectivity index (χ3v) is 8.49. The van der Waals surface area contributed by atoms with Gasteiger partial charge in [0.2, 0.25) is 0 Å². The summed E-state index contributed by atoms with van der Waals surface area (Å²) in [6.45, 7) is 0. The van der Waals surface area contributed by atoms with Gasteiger partial charge in [0, 0.05) is 14.7 Å². The highest BCUT2D eigenvalue weighted by Gasteiger charge is 2.31. The molecule has 0 heterocycles. The number of ether oxygens (including phenoxy) is 1. The van der Waals surface area contributed by atoms with Crippen LogP contribution in [0.5, 0.6) is 0 Å². The summed E-state index contributed by atoms with van der Waals surface area (Å²) in [5, 5.41) is 6.88. The van der Waals surface area contributed by atoms with Crippen LogP contribution in [-0.4, -0.2) is 21.8 Å². The molecule has 0 saturated carbocycles. The second-order valence-corrected chi connectivity index (χ2v) is 12.0. The molecule has 0 saturated heterocycles. The standard InChI is InChI=1S/C30H22Cl2N2O3S3/c31-24-13-9-20(10-14-24)18-1-5-22(6-2-18)26(39-17-38)28(35)37-29(36)27(40-30(33)34)23-7-3-19(4-8-23)21-11-15-25(32)16-12-21/h1-17,26-27H,(H3,33,34). The van der Waals surface area contributed by atoms with Gasteiger partial charge in [0.1, 0.15) is 10.5 Å². The predicted octanol–water partition coefficient (Wildman–Crippen LogP) is 8.50. The third kappa shape index (κ3) is 7.74. The Morgan fingerprint density at radius 2 is 1.05 bits per heavy atom. The second-order valence-electron chi connectivity index (χ2n) is 8.47. The molecule has 0 spiro atoms. The smallest absolute Gasteiger partial charge is 0.331 e. The molecule has 4 aromatic carbocycles. The van der Waals surface area contributed by atoms with Crippen LogP contribution in [0.3, 0.4) is 0 Å². The van der Waals surface area contributed by atoms with Crippen molar-refractivity contribution >= 4 is 80.7 Å². The van der Waals surface area contributed by atoms with Crippen molar-refractivity contribution in [2.75, 3.05) is 0 Å². The molecular weight excluding hydrogens is 603 g/mol. The fourth-order valence-electron chi connectivity index (χ4n) is 3.90. The first-order valence-corrected chi connectivity index (χ1v) is 14.9. The van der Waals surface area contributed by atoms with Gasteiger partial charge in [-0.05, 0) is 57.6 Å². The molecule has 0 bridgehead atoms. The summed E-state index contributed by atoms with van der Waals surface area (Å²) in [7, 11) is 0. The number of halogens is 2. The Bertz CT molecular complexity index is 1510. The van der Waals surface area contributed by atoms with Gasteiger partial charge in [-0.25, -0.2) is 9.59 Å². The quantitative estimate of drug-likeness (QED) is 0.0634. The first-order chi connectivity index (χ1) is 19.2. The van der Waals surface area contributed by atoms with E-state index in [0.717, 1.165) is 45.8 Å². The van der Waals surface area contributed by atoms with Gasteiger partial charge in [-0.2, -0.15) is 0 Å². The molecule has 0 aliphatic rings. The Hall–Kier alpha value is -3.14. The van der Waals surface area contributed by atoms with E-state index >= 15 is 0 Å². The largest absolute Gasteiger partial charge is 0.391 e. The maximum absolute atomic E-state index is 13.2. The van der Waals surface area contributed by atoms with Crippen molar-refractivity contribution in [3.8, 4) is 22.3 Å². The minimum absolute atomic E-state index is 0.279. The van der Waals surface area contributed by atoms with Crippen LogP contribution in [0.15, 0.2) is 97.1 Å². The number of thioether (sulfide) groups is 2. The number of carbonyl (C=O) groups is 2. The number of carbonyl (C=O) groups excluding carboxylic acids is 2. The fraction of sp³-hybridized carbons (Fsp3) is 0.0667. The highest BCUT2D eigenvalue weighted by molar-refractivity contribution is 8.21. The lowest BCUT2D eigenvalue weighted by Gasteiger charge is -2.18. The molecule has 2 atom stereocenters. The Kier molecular flexibility index (Phi) is 10.4. The van der Waals surface area contributed by atoms with Gasteiger partial charge in [-0.15, -0.1) is 11.8 Å². The third-order valence-electron chi connectivity index (χ3n) is 5.85. The number of nitrogens with one attached hydrogen (secondary N) is 1. The van der Waals surface area contributed by atoms with Crippen LogP contribution in [0.4, 0.5) is 0 Å². The number of esters is 2. The van der Waals surface area contributed by atoms with E-state index < -0.39 is 22.4 Å². The molecule has 5 nitrogen and oxygen atoms in total. The van der Waals surface area contributed by atoms with Crippen molar-refractivity contribution in [1.29, 1.82) is 5.41 Å². The summed E-state index contributed by atoms with van der Waals surface area (Å²) in [5.74, 6) is -1.58. The minimum atomic E-state index is -1.01. The Morgan fingerprint density at radius 1 is 0.700 bits per heavy atom. The highest BCUT2D eigenvalue weighted by Crippen LogP contribution is 2.35. The van der Waals surface area contributed by atoms with E-state index in [1.807, 2.05) is 48.5 Å². The van der Waals surface area contributed by atoms with Crippen LogP contribution < -0.4 is 5.73 Å². The lowest BCUT2D eigenvalue weighted by atomic mass is 10.0. The van der Waals surface area contributed by atoms with E-state index in [0.29, 0.717) is 21.2 Å². The first-order valence-electron chi connectivity index (χ1n) is 11.8. The van der Waals surface area contributed by atoms with Crippen molar-refractivity contribution in [1.82, 2.24) is 0 Å². The lowest BCUT2D eigenvalue weighted by Crippen LogP contribution is -2.23. The summed E-state index contributed by atoms with van der Waals surface area (Å²) >= 11 is 18.8. The molecule has 2 unspecified atom stereocenters. The summed E-state index contributed by atoms with van der Waals surface area (Å²) in [4.78, 5) is 26.4. The van der Waals surface area contributed by atoms with E-state index in [-0.39, 0.29) is 5.17 Å². The molecule has 3 N–H and O–H groups in total. The normalized spacial score (nSPS) is 12.2. The molecule has 4 aromatic rings. The zero-order chi connectivity index (χ0) is 28.6. The topological polar surface area (TPSA) is 93.2 Å². The van der Waals surface area contributed by atoms with Gasteiger partial charge >= 0.3 is 11.9 Å². The van der Waals surface area contributed by atoms with Gasteiger partial charge in [0.25, 0.3) is 0 Å². The second kappa shape index (κ2) is 14.0. The maximum Gasteiger partial charge on any atom is 0.331 e. The number of nitrogens with two attached hydrogens (primary N) is 1. The average Bonchev–Trinajstić information content (AvgIpc) is 2.95. The Labute approximate surface area is 255 Å². The summed E-state index contributed by atoms with van der Waals surface area (Å²) in [6, 6.07) is 29.3. The fourth-order valence-corrected chi connectivity index (χ4v) is 5.76. The molecule has 10 heteroatoms. The molecule has 0 fully saturated rings. The molecule has 202 valence electrons. The number of benzene rings is 4. The van der Waals surface area contributed by atoms with Gasteiger partial charge in [0.15, 0.2) is 5.17 Å². The summed E-state index contributed by atoms with van der Waals surface area (Å²) in [6.07, 6.45) is 0. The van der Waals surface area contributed by atoms with Crippen LogP contribution >= 0.6 is 58.9 Å². The van der Waals surface area contributed by atoms with Crippen molar-refractivity contribution < 1.29 is 14.3 Å². The van der Waals surface area contributed by atoms with Gasteiger partial charge in [-0.3, -0.25) is 5.41 Å². The SMILES string of the molecule is N=C(N)SC(C(=O)OC(=O)C(SC=S)c1ccc(-c2ccc(Cl)cc2)cc1)c1ccc(-c2ccc(Cl)cc2)cc1. The van der Waals surface area contributed by atoms with E-state index in [9.17, 15) is 9.59 Å². The van der Waals surface area contributed by atoms with Crippen molar-refractivity contribution in [3.63, 3.8) is 0 Å². The number of hydrogen-bond acceptors (Lipinski definition) is 7. The van der Waals surface area contributed by atoms with Crippen LogP contribution in [0.1, 0.15) is 21.6 Å².